The van der Waals surface area contributed by atoms with Gasteiger partial charge in [0.2, 0.25) is 11.8 Å². The van der Waals surface area contributed by atoms with Crippen LogP contribution in [0, 0.1) is 11.8 Å². The fraction of sp³-hybridized carbons (Fsp3) is 0.682. The molecule has 3 fully saturated rings. The molecule has 1 saturated carbocycles. The number of carbonyl (C=O) groups excluding carboxylic acids is 2. The van der Waals surface area contributed by atoms with Crippen molar-refractivity contribution in [2.45, 2.75) is 38.2 Å². The van der Waals surface area contributed by atoms with Gasteiger partial charge in [-0.3, -0.25) is 14.6 Å². The Labute approximate surface area is 172 Å². The van der Waals surface area contributed by atoms with Crippen LogP contribution in [-0.4, -0.2) is 78.6 Å². The Morgan fingerprint density at radius 3 is 2.55 bits per heavy atom. The van der Waals surface area contributed by atoms with Gasteiger partial charge in [0.25, 0.3) is 0 Å². The van der Waals surface area contributed by atoms with E-state index in [1.165, 1.54) is 32.2 Å². The predicted molar refractivity (Wildman–Crippen MR) is 109 cm³/mol. The lowest BCUT2D eigenvalue weighted by atomic mass is 9.95. The summed E-state index contributed by atoms with van der Waals surface area (Å²) < 4.78 is 5.65. The Morgan fingerprint density at radius 1 is 1.10 bits per heavy atom. The number of morpholine rings is 1. The fourth-order valence-corrected chi connectivity index (χ4v) is 4.29. The van der Waals surface area contributed by atoms with Crippen LogP contribution in [-0.2, 0) is 20.7 Å². The monoisotopic (exact) mass is 400 g/mol. The third-order valence-electron chi connectivity index (χ3n) is 6.26. The highest BCUT2D eigenvalue weighted by atomic mass is 16.5. The molecule has 1 aromatic heterocycles. The Balaban J connectivity index is 1.18. The third-order valence-corrected chi connectivity index (χ3v) is 6.26. The first kappa shape index (κ1) is 20.3. The molecule has 1 aliphatic carbocycles. The first-order valence-electron chi connectivity index (χ1n) is 10.9. The smallest absolute Gasteiger partial charge is 0.248 e. The summed E-state index contributed by atoms with van der Waals surface area (Å²) in [6.45, 7) is 5.53. The standard InChI is InChI=1S/C22H32N4O3/c27-21(11-17-3-7-23-8-4-17)24-12-20-15-26(22(28)16-29-20)14-19-5-9-25(10-6-19)13-18-1-2-18/h3-4,7-8,18-20H,1-2,5-6,9-16H2,(H,24,27)/t20-/m1/s1. The van der Waals surface area contributed by atoms with E-state index in [-0.39, 0.29) is 24.5 Å². The molecule has 29 heavy (non-hydrogen) atoms. The average molecular weight is 401 g/mol. The number of rotatable bonds is 8. The number of hydrogen-bond donors (Lipinski definition) is 1. The van der Waals surface area contributed by atoms with Gasteiger partial charge in [-0.05, 0) is 68.3 Å². The molecule has 0 radical (unpaired) electrons. The van der Waals surface area contributed by atoms with Gasteiger partial charge < -0.3 is 19.9 Å². The summed E-state index contributed by atoms with van der Waals surface area (Å²) in [5.41, 5.74) is 0.937. The van der Waals surface area contributed by atoms with Gasteiger partial charge >= 0.3 is 0 Å². The summed E-state index contributed by atoms with van der Waals surface area (Å²) in [7, 11) is 0. The van der Waals surface area contributed by atoms with Crippen LogP contribution in [0.5, 0.6) is 0 Å². The van der Waals surface area contributed by atoms with Gasteiger partial charge in [0.15, 0.2) is 0 Å². The minimum absolute atomic E-state index is 0.0358. The Bertz CT molecular complexity index is 687. The molecule has 7 nitrogen and oxygen atoms in total. The molecule has 0 spiro atoms. The second kappa shape index (κ2) is 9.67. The van der Waals surface area contributed by atoms with E-state index >= 15 is 0 Å². The topological polar surface area (TPSA) is 74.8 Å². The van der Waals surface area contributed by atoms with Crippen LogP contribution in [0.3, 0.4) is 0 Å². The Kier molecular flexibility index (Phi) is 6.77. The van der Waals surface area contributed by atoms with Crippen LogP contribution in [0.1, 0.15) is 31.2 Å². The van der Waals surface area contributed by atoms with Gasteiger partial charge in [-0.2, -0.15) is 0 Å². The van der Waals surface area contributed by atoms with E-state index < -0.39 is 0 Å². The van der Waals surface area contributed by atoms with Crippen molar-refractivity contribution in [3.63, 3.8) is 0 Å². The van der Waals surface area contributed by atoms with E-state index in [2.05, 4.69) is 15.2 Å². The molecule has 3 aliphatic rings. The number of carbonyl (C=O) groups is 2. The predicted octanol–water partition coefficient (Wildman–Crippen LogP) is 1.09. The summed E-state index contributed by atoms with van der Waals surface area (Å²) in [5.74, 6) is 1.56. The number of likely N-dealkylation sites (tertiary alicyclic amines) is 1. The molecular weight excluding hydrogens is 368 g/mol. The van der Waals surface area contributed by atoms with Gasteiger partial charge in [-0.15, -0.1) is 0 Å². The second-order valence-corrected chi connectivity index (χ2v) is 8.76. The normalized spacial score (nSPS) is 23.9. The van der Waals surface area contributed by atoms with Crippen molar-refractivity contribution in [1.29, 1.82) is 0 Å². The number of nitrogens with one attached hydrogen (secondary N) is 1. The highest BCUT2D eigenvalue weighted by molar-refractivity contribution is 5.79. The minimum atomic E-state index is -0.135. The van der Waals surface area contributed by atoms with Crippen LogP contribution >= 0.6 is 0 Å². The molecule has 3 heterocycles. The molecule has 1 aromatic rings. The van der Waals surface area contributed by atoms with Crippen molar-refractivity contribution in [1.82, 2.24) is 20.1 Å². The number of amides is 2. The van der Waals surface area contributed by atoms with Crippen molar-refractivity contribution < 1.29 is 14.3 Å². The van der Waals surface area contributed by atoms with E-state index in [9.17, 15) is 9.59 Å². The SMILES string of the molecule is O=C(Cc1ccncc1)NC[C@@H]1CN(CC2CCN(CC3CC3)CC2)C(=O)CO1. The van der Waals surface area contributed by atoms with Crippen molar-refractivity contribution in [2.24, 2.45) is 11.8 Å². The summed E-state index contributed by atoms with van der Waals surface area (Å²) in [6.07, 6.45) is 8.72. The molecule has 1 atom stereocenters. The van der Waals surface area contributed by atoms with Crippen molar-refractivity contribution in [3.8, 4) is 0 Å². The number of nitrogens with zero attached hydrogens (tertiary/aromatic N) is 3. The number of piperidine rings is 1. The lowest BCUT2D eigenvalue weighted by Gasteiger charge is -2.38. The number of pyridine rings is 1. The molecule has 2 saturated heterocycles. The number of aromatic nitrogens is 1. The van der Waals surface area contributed by atoms with Crippen LogP contribution < -0.4 is 5.32 Å². The molecule has 1 N–H and O–H groups in total. The molecule has 0 aromatic carbocycles. The van der Waals surface area contributed by atoms with Crippen molar-refractivity contribution in [2.75, 3.05) is 45.9 Å². The van der Waals surface area contributed by atoms with Crippen LogP contribution in [0.25, 0.3) is 0 Å². The van der Waals surface area contributed by atoms with E-state index in [0.717, 1.165) is 31.1 Å². The Morgan fingerprint density at radius 2 is 1.83 bits per heavy atom. The Hall–Kier alpha value is -1.99. The summed E-state index contributed by atoms with van der Waals surface area (Å²) in [5, 5.41) is 2.94. The van der Waals surface area contributed by atoms with Crippen LogP contribution in [0.2, 0.25) is 0 Å². The van der Waals surface area contributed by atoms with Crippen LogP contribution in [0.15, 0.2) is 24.5 Å². The van der Waals surface area contributed by atoms with Gasteiger partial charge in [0.1, 0.15) is 6.61 Å². The van der Waals surface area contributed by atoms with Crippen molar-refractivity contribution >= 4 is 11.8 Å². The highest BCUT2D eigenvalue weighted by Gasteiger charge is 2.31. The first-order valence-corrected chi connectivity index (χ1v) is 10.9. The zero-order chi connectivity index (χ0) is 20.1. The fourth-order valence-electron chi connectivity index (χ4n) is 4.29. The van der Waals surface area contributed by atoms with E-state index in [1.54, 1.807) is 12.4 Å². The van der Waals surface area contributed by atoms with Crippen LogP contribution in [0.4, 0.5) is 0 Å². The zero-order valence-electron chi connectivity index (χ0n) is 17.1. The maximum Gasteiger partial charge on any atom is 0.248 e. The molecule has 7 heteroatoms. The van der Waals surface area contributed by atoms with Gasteiger partial charge in [-0.25, -0.2) is 0 Å². The van der Waals surface area contributed by atoms with Gasteiger partial charge in [-0.1, -0.05) is 0 Å². The number of hydrogen-bond acceptors (Lipinski definition) is 5. The van der Waals surface area contributed by atoms with E-state index in [4.69, 9.17) is 4.74 Å². The highest BCUT2D eigenvalue weighted by Crippen LogP contribution is 2.31. The zero-order valence-corrected chi connectivity index (χ0v) is 17.1. The molecule has 2 aliphatic heterocycles. The lowest BCUT2D eigenvalue weighted by Crippen LogP contribution is -2.52. The summed E-state index contributed by atoms with van der Waals surface area (Å²) >= 11 is 0. The summed E-state index contributed by atoms with van der Waals surface area (Å²) in [4.78, 5) is 33.0. The minimum Gasteiger partial charge on any atom is -0.365 e. The molecule has 4 rings (SSSR count). The molecular formula is C22H32N4O3. The van der Waals surface area contributed by atoms with Crippen molar-refractivity contribution in [3.05, 3.63) is 30.1 Å². The molecule has 0 unspecified atom stereocenters. The summed E-state index contributed by atoms with van der Waals surface area (Å²) in [6, 6.07) is 3.68. The van der Waals surface area contributed by atoms with Gasteiger partial charge in [0, 0.05) is 38.6 Å². The molecule has 158 valence electrons. The number of ether oxygens (including phenoxy) is 1. The molecule has 0 bridgehead atoms. The largest absolute Gasteiger partial charge is 0.365 e. The third kappa shape index (κ3) is 6.24. The quantitative estimate of drug-likeness (QED) is 0.707. The maximum atomic E-state index is 12.3. The van der Waals surface area contributed by atoms with E-state index in [1.807, 2.05) is 17.0 Å². The second-order valence-electron chi connectivity index (χ2n) is 8.76. The average Bonchev–Trinajstić information content (AvgIpc) is 3.55. The van der Waals surface area contributed by atoms with Gasteiger partial charge in [0.05, 0.1) is 12.5 Å². The lowest BCUT2D eigenvalue weighted by molar-refractivity contribution is -0.150. The van der Waals surface area contributed by atoms with E-state index in [0.29, 0.717) is 25.4 Å². The maximum absolute atomic E-state index is 12.3. The first-order chi connectivity index (χ1) is 14.2. The molecule has 2 amide bonds.